The van der Waals surface area contributed by atoms with Gasteiger partial charge in [0.2, 0.25) is 0 Å². The highest BCUT2D eigenvalue weighted by Crippen LogP contribution is 2.25. The maximum absolute atomic E-state index is 12.4. The second kappa shape index (κ2) is 9.59. The molecule has 0 aliphatic carbocycles. The van der Waals surface area contributed by atoms with Crippen LogP contribution in [0.1, 0.15) is 23.0 Å². The molecule has 6 nitrogen and oxygen atoms in total. The Morgan fingerprint density at radius 1 is 1.13 bits per heavy atom. The van der Waals surface area contributed by atoms with Crippen LogP contribution in [0.2, 0.25) is 5.02 Å². The lowest BCUT2D eigenvalue weighted by molar-refractivity contribution is -0.112. The third kappa shape index (κ3) is 4.96. The molecule has 3 aromatic rings. The number of anilines is 1. The van der Waals surface area contributed by atoms with Crippen molar-refractivity contribution in [3.05, 3.63) is 82.6 Å². The summed E-state index contributed by atoms with van der Waals surface area (Å²) in [5.41, 5.74) is 1.46. The van der Waals surface area contributed by atoms with E-state index in [0.717, 1.165) is 5.56 Å². The number of amides is 1. The quantitative estimate of drug-likeness (QED) is 0.331. The summed E-state index contributed by atoms with van der Waals surface area (Å²) in [5.74, 6) is -0.122. The van der Waals surface area contributed by atoms with E-state index in [4.69, 9.17) is 20.8 Å². The minimum atomic E-state index is -0.595. The van der Waals surface area contributed by atoms with Gasteiger partial charge in [-0.25, -0.2) is 4.79 Å². The average Bonchev–Trinajstić information content (AvgIpc) is 3.22. The fourth-order valence-corrected chi connectivity index (χ4v) is 2.80. The standard InChI is InChI=1S/C23H17ClN2O4/c1-2-29-23(28)16-9-7-15(8-10-16)21-12-11-18(30-21)13-17(14-25)22(27)26-20-6-4-3-5-19(20)24/h3-13H,2H2,1H3,(H,26,27)/b17-13-. The van der Waals surface area contributed by atoms with Gasteiger partial charge in [0.15, 0.2) is 0 Å². The van der Waals surface area contributed by atoms with E-state index in [-0.39, 0.29) is 5.57 Å². The molecule has 2 aromatic carbocycles. The SMILES string of the molecule is CCOC(=O)c1ccc(-c2ccc(/C=C(/C#N)C(=O)Nc3ccccc3Cl)o2)cc1. The number of hydrogen-bond donors (Lipinski definition) is 1. The Balaban J connectivity index is 1.76. The highest BCUT2D eigenvalue weighted by molar-refractivity contribution is 6.34. The van der Waals surface area contributed by atoms with Crippen molar-refractivity contribution in [1.82, 2.24) is 0 Å². The van der Waals surface area contributed by atoms with E-state index in [2.05, 4.69) is 5.32 Å². The van der Waals surface area contributed by atoms with Crippen molar-refractivity contribution in [2.24, 2.45) is 0 Å². The molecule has 0 bridgehead atoms. The third-order valence-electron chi connectivity index (χ3n) is 4.08. The lowest BCUT2D eigenvalue weighted by Crippen LogP contribution is -2.13. The topological polar surface area (TPSA) is 92.3 Å². The van der Waals surface area contributed by atoms with Gasteiger partial charge in [-0.3, -0.25) is 4.79 Å². The number of para-hydroxylation sites is 1. The van der Waals surface area contributed by atoms with Crippen LogP contribution in [0.25, 0.3) is 17.4 Å². The Bertz CT molecular complexity index is 1140. The van der Waals surface area contributed by atoms with Crippen LogP contribution in [0, 0.1) is 11.3 Å². The summed E-state index contributed by atoms with van der Waals surface area (Å²) in [7, 11) is 0. The summed E-state index contributed by atoms with van der Waals surface area (Å²) in [4.78, 5) is 24.1. The molecule has 150 valence electrons. The van der Waals surface area contributed by atoms with E-state index in [1.165, 1.54) is 6.08 Å². The molecule has 0 atom stereocenters. The molecule has 1 heterocycles. The van der Waals surface area contributed by atoms with Gasteiger partial charge in [0.1, 0.15) is 23.2 Å². The number of esters is 1. The first kappa shape index (κ1) is 20.9. The van der Waals surface area contributed by atoms with Crippen LogP contribution < -0.4 is 5.32 Å². The van der Waals surface area contributed by atoms with Gasteiger partial charge in [-0.1, -0.05) is 35.9 Å². The fraction of sp³-hybridized carbons (Fsp3) is 0.0870. The minimum absolute atomic E-state index is 0.131. The molecular weight excluding hydrogens is 404 g/mol. The highest BCUT2D eigenvalue weighted by atomic mass is 35.5. The zero-order valence-electron chi connectivity index (χ0n) is 16.0. The molecule has 30 heavy (non-hydrogen) atoms. The van der Waals surface area contributed by atoms with Crippen LogP contribution >= 0.6 is 11.6 Å². The number of halogens is 1. The smallest absolute Gasteiger partial charge is 0.338 e. The van der Waals surface area contributed by atoms with Crippen LogP contribution in [-0.2, 0) is 9.53 Å². The van der Waals surface area contributed by atoms with Gasteiger partial charge in [0.25, 0.3) is 5.91 Å². The molecular formula is C23H17ClN2O4. The summed E-state index contributed by atoms with van der Waals surface area (Å²) in [5, 5.41) is 12.3. The lowest BCUT2D eigenvalue weighted by Gasteiger charge is -2.05. The average molecular weight is 421 g/mol. The number of hydrogen-bond acceptors (Lipinski definition) is 5. The second-order valence-electron chi connectivity index (χ2n) is 6.10. The number of nitrogens with one attached hydrogen (secondary N) is 1. The molecule has 3 rings (SSSR count). The Kier molecular flexibility index (Phi) is 6.68. The number of nitrogens with zero attached hydrogens (tertiary/aromatic N) is 1. The van der Waals surface area contributed by atoms with Crippen LogP contribution in [0.5, 0.6) is 0 Å². The zero-order chi connectivity index (χ0) is 21.5. The highest BCUT2D eigenvalue weighted by Gasteiger charge is 2.13. The van der Waals surface area contributed by atoms with Gasteiger partial charge < -0.3 is 14.5 Å². The van der Waals surface area contributed by atoms with E-state index in [1.54, 1.807) is 67.6 Å². The predicted octanol–water partition coefficient (Wildman–Crippen LogP) is 5.32. The Hall–Kier alpha value is -3.82. The molecule has 0 saturated heterocycles. The van der Waals surface area contributed by atoms with E-state index < -0.39 is 11.9 Å². The summed E-state index contributed by atoms with van der Waals surface area (Å²) in [6.07, 6.45) is 1.35. The zero-order valence-corrected chi connectivity index (χ0v) is 16.8. The first-order valence-corrected chi connectivity index (χ1v) is 9.44. The summed E-state index contributed by atoms with van der Waals surface area (Å²) in [6, 6.07) is 18.7. The molecule has 0 unspecified atom stereocenters. The van der Waals surface area contributed by atoms with E-state index in [0.29, 0.717) is 34.4 Å². The number of carbonyl (C=O) groups excluding carboxylic acids is 2. The number of benzene rings is 2. The van der Waals surface area contributed by atoms with Crippen LogP contribution in [0.15, 0.2) is 70.7 Å². The fourth-order valence-electron chi connectivity index (χ4n) is 2.61. The van der Waals surface area contributed by atoms with Gasteiger partial charge in [0.05, 0.1) is 22.9 Å². The summed E-state index contributed by atoms with van der Waals surface area (Å²) >= 11 is 6.03. The molecule has 1 aromatic heterocycles. The normalized spacial score (nSPS) is 10.9. The molecule has 0 aliphatic rings. The van der Waals surface area contributed by atoms with Gasteiger partial charge >= 0.3 is 5.97 Å². The first-order chi connectivity index (χ1) is 14.5. The summed E-state index contributed by atoms with van der Waals surface area (Å²) in [6.45, 7) is 2.05. The van der Waals surface area contributed by atoms with Gasteiger partial charge in [-0.15, -0.1) is 0 Å². The van der Waals surface area contributed by atoms with Gasteiger partial charge in [0, 0.05) is 11.6 Å². The molecule has 1 amide bonds. The van der Waals surface area contributed by atoms with Gasteiger partial charge in [-0.05, 0) is 43.3 Å². The lowest BCUT2D eigenvalue weighted by atomic mass is 10.1. The number of nitriles is 1. The van der Waals surface area contributed by atoms with Crippen molar-refractivity contribution in [1.29, 1.82) is 5.26 Å². The maximum atomic E-state index is 12.4. The predicted molar refractivity (Wildman–Crippen MR) is 114 cm³/mol. The van der Waals surface area contributed by atoms with Crippen molar-refractivity contribution in [2.45, 2.75) is 6.92 Å². The largest absolute Gasteiger partial charge is 0.462 e. The number of rotatable bonds is 6. The third-order valence-corrected chi connectivity index (χ3v) is 4.41. The number of carbonyl (C=O) groups is 2. The number of furan rings is 1. The molecule has 0 fully saturated rings. The first-order valence-electron chi connectivity index (χ1n) is 9.07. The van der Waals surface area contributed by atoms with Crippen molar-refractivity contribution in [2.75, 3.05) is 11.9 Å². The molecule has 0 aliphatic heterocycles. The molecule has 0 saturated carbocycles. The Labute approximate surface area is 178 Å². The molecule has 7 heteroatoms. The molecule has 0 radical (unpaired) electrons. The van der Waals surface area contributed by atoms with Crippen LogP contribution in [-0.4, -0.2) is 18.5 Å². The van der Waals surface area contributed by atoms with Crippen LogP contribution in [0.3, 0.4) is 0 Å². The van der Waals surface area contributed by atoms with Gasteiger partial charge in [-0.2, -0.15) is 5.26 Å². The van der Waals surface area contributed by atoms with Crippen molar-refractivity contribution < 1.29 is 18.7 Å². The second-order valence-corrected chi connectivity index (χ2v) is 6.51. The van der Waals surface area contributed by atoms with Crippen molar-refractivity contribution in [3.8, 4) is 17.4 Å². The van der Waals surface area contributed by atoms with Crippen molar-refractivity contribution >= 4 is 35.2 Å². The molecule has 1 N–H and O–H groups in total. The van der Waals surface area contributed by atoms with E-state index >= 15 is 0 Å². The van der Waals surface area contributed by atoms with E-state index in [9.17, 15) is 14.9 Å². The number of ether oxygens (including phenoxy) is 1. The Morgan fingerprint density at radius 3 is 2.53 bits per heavy atom. The molecule has 0 spiro atoms. The minimum Gasteiger partial charge on any atom is -0.462 e. The summed E-state index contributed by atoms with van der Waals surface area (Å²) < 4.78 is 10.7. The maximum Gasteiger partial charge on any atom is 0.338 e. The van der Waals surface area contributed by atoms with Crippen LogP contribution in [0.4, 0.5) is 5.69 Å². The monoisotopic (exact) mass is 420 g/mol. The van der Waals surface area contributed by atoms with Crippen molar-refractivity contribution in [3.63, 3.8) is 0 Å². The van der Waals surface area contributed by atoms with E-state index in [1.807, 2.05) is 6.07 Å². The Morgan fingerprint density at radius 2 is 1.87 bits per heavy atom.